The van der Waals surface area contributed by atoms with Crippen LogP contribution in [0, 0.1) is 0 Å². The average Bonchev–Trinajstić information content (AvgIpc) is 2.74. The molecule has 0 saturated heterocycles. The topological polar surface area (TPSA) is 54.3 Å². The molecule has 19 heavy (non-hydrogen) atoms. The van der Waals surface area contributed by atoms with Crippen molar-refractivity contribution in [3.05, 3.63) is 36.0 Å². The quantitative estimate of drug-likeness (QED) is 0.864. The van der Waals surface area contributed by atoms with Crippen LogP contribution >= 0.6 is 0 Å². The lowest BCUT2D eigenvalue weighted by molar-refractivity contribution is 0.0928. The highest BCUT2D eigenvalue weighted by Gasteiger charge is 2.14. The molecular weight excluding hydrogens is 240 g/mol. The van der Waals surface area contributed by atoms with Crippen LogP contribution in [-0.2, 0) is 7.05 Å². The second-order valence-corrected chi connectivity index (χ2v) is 4.89. The maximum Gasteiger partial charge on any atom is 0.268 e. The SMILES string of the molecule is CC(CCCO)NC(=O)c1cc2ccccc2n1C. The van der Waals surface area contributed by atoms with Gasteiger partial charge in [0.2, 0.25) is 0 Å². The van der Waals surface area contributed by atoms with Gasteiger partial charge in [-0.3, -0.25) is 4.79 Å². The van der Waals surface area contributed by atoms with Gasteiger partial charge >= 0.3 is 0 Å². The Labute approximate surface area is 113 Å². The Morgan fingerprint density at radius 2 is 2.16 bits per heavy atom. The number of aryl methyl sites for hydroxylation is 1. The molecule has 1 amide bonds. The summed E-state index contributed by atoms with van der Waals surface area (Å²) in [5.41, 5.74) is 1.72. The fourth-order valence-corrected chi connectivity index (χ4v) is 2.27. The first-order chi connectivity index (χ1) is 9.13. The Morgan fingerprint density at radius 3 is 2.84 bits per heavy atom. The number of aromatic nitrogens is 1. The lowest BCUT2D eigenvalue weighted by Gasteiger charge is -2.13. The van der Waals surface area contributed by atoms with Crippen molar-refractivity contribution in [2.45, 2.75) is 25.8 Å². The molecule has 0 aliphatic heterocycles. The van der Waals surface area contributed by atoms with Crippen molar-refractivity contribution in [1.82, 2.24) is 9.88 Å². The van der Waals surface area contributed by atoms with Gasteiger partial charge in [-0.2, -0.15) is 0 Å². The van der Waals surface area contributed by atoms with Gasteiger partial charge < -0.3 is 15.0 Å². The number of nitrogens with one attached hydrogen (secondary N) is 1. The highest BCUT2D eigenvalue weighted by atomic mass is 16.3. The summed E-state index contributed by atoms with van der Waals surface area (Å²) in [5, 5.41) is 12.8. The number of nitrogens with zero attached hydrogens (tertiary/aromatic N) is 1. The molecule has 0 saturated carbocycles. The molecule has 1 aromatic carbocycles. The molecule has 2 N–H and O–H groups in total. The van der Waals surface area contributed by atoms with Crippen molar-refractivity contribution >= 4 is 16.8 Å². The van der Waals surface area contributed by atoms with E-state index in [2.05, 4.69) is 5.32 Å². The number of aliphatic hydroxyl groups is 1. The lowest BCUT2D eigenvalue weighted by Crippen LogP contribution is -2.33. The van der Waals surface area contributed by atoms with E-state index in [-0.39, 0.29) is 18.6 Å². The summed E-state index contributed by atoms with van der Waals surface area (Å²) >= 11 is 0. The average molecular weight is 260 g/mol. The maximum absolute atomic E-state index is 12.2. The van der Waals surface area contributed by atoms with Crippen LogP contribution in [0.5, 0.6) is 0 Å². The summed E-state index contributed by atoms with van der Waals surface area (Å²) in [7, 11) is 1.90. The lowest BCUT2D eigenvalue weighted by atomic mass is 10.2. The second kappa shape index (κ2) is 5.89. The number of carbonyl (C=O) groups excluding carboxylic acids is 1. The highest BCUT2D eigenvalue weighted by molar-refractivity contribution is 5.98. The summed E-state index contributed by atoms with van der Waals surface area (Å²) in [4.78, 5) is 12.2. The maximum atomic E-state index is 12.2. The van der Waals surface area contributed by atoms with Crippen molar-refractivity contribution in [3.8, 4) is 0 Å². The minimum atomic E-state index is -0.0656. The Kier molecular flexibility index (Phi) is 4.22. The molecule has 0 fully saturated rings. The van der Waals surface area contributed by atoms with Crippen LogP contribution in [0.15, 0.2) is 30.3 Å². The smallest absolute Gasteiger partial charge is 0.268 e. The predicted molar refractivity (Wildman–Crippen MR) is 76.2 cm³/mol. The molecule has 2 aromatic rings. The minimum absolute atomic E-state index is 0.0656. The van der Waals surface area contributed by atoms with Crippen molar-refractivity contribution in [3.63, 3.8) is 0 Å². The fourth-order valence-electron chi connectivity index (χ4n) is 2.27. The number of fused-ring (bicyclic) bond motifs is 1. The van der Waals surface area contributed by atoms with Crippen LogP contribution in [0.3, 0.4) is 0 Å². The van der Waals surface area contributed by atoms with Crippen molar-refractivity contribution in [2.75, 3.05) is 6.61 Å². The van der Waals surface area contributed by atoms with Gasteiger partial charge in [-0.1, -0.05) is 18.2 Å². The number of aliphatic hydroxyl groups excluding tert-OH is 1. The van der Waals surface area contributed by atoms with Gasteiger partial charge in [0, 0.05) is 30.6 Å². The molecule has 0 radical (unpaired) electrons. The monoisotopic (exact) mass is 260 g/mol. The molecule has 102 valence electrons. The van der Waals surface area contributed by atoms with E-state index in [0.29, 0.717) is 12.1 Å². The number of benzene rings is 1. The molecule has 1 unspecified atom stereocenters. The Balaban J connectivity index is 2.15. The van der Waals surface area contributed by atoms with Gasteiger partial charge in [0.05, 0.1) is 0 Å². The second-order valence-electron chi connectivity index (χ2n) is 4.89. The Morgan fingerprint density at radius 1 is 1.42 bits per heavy atom. The summed E-state index contributed by atoms with van der Waals surface area (Å²) in [6.07, 6.45) is 1.49. The molecule has 0 aliphatic rings. The standard InChI is InChI=1S/C15H20N2O2/c1-11(6-5-9-18)16-15(19)14-10-12-7-3-4-8-13(12)17(14)2/h3-4,7-8,10-11,18H,5-6,9H2,1-2H3,(H,16,19). The summed E-state index contributed by atoms with van der Waals surface area (Å²) in [6.45, 7) is 2.12. The van der Waals surface area contributed by atoms with E-state index >= 15 is 0 Å². The van der Waals surface area contributed by atoms with Crippen LogP contribution in [0.4, 0.5) is 0 Å². The number of hydrogen-bond donors (Lipinski definition) is 2. The molecule has 0 spiro atoms. The first-order valence-corrected chi connectivity index (χ1v) is 6.59. The zero-order chi connectivity index (χ0) is 13.8. The molecular formula is C15H20N2O2. The Bertz CT molecular complexity index is 575. The molecule has 0 aliphatic carbocycles. The van der Waals surface area contributed by atoms with E-state index in [0.717, 1.165) is 17.3 Å². The zero-order valence-corrected chi connectivity index (χ0v) is 11.4. The third kappa shape index (κ3) is 2.96. The van der Waals surface area contributed by atoms with E-state index < -0.39 is 0 Å². The third-order valence-electron chi connectivity index (χ3n) is 3.36. The van der Waals surface area contributed by atoms with Crippen LogP contribution in [0.1, 0.15) is 30.3 Å². The van der Waals surface area contributed by atoms with Gasteiger partial charge in [0.25, 0.3) is 5.91 Å². The van der Waals surface area contributed by atoms with Gasteiger partial charge in [-0.15, -0.1) is 0 Å². The summed E-state index contributed by atoms with van der Waals surface area (Å²) in [5.74, 6) is -0.0656. The Hall–Kier alpha value is -1.81. The van der Waals surface area contributed by atoms with Crippen LogP contribution in [0.2, 0.25) is 0 Å². The molecule has 4 heteroatoms. The largest absolute Gasteiger partial charge is 0.396 e. The van der Waals surface area contributed by atoms with Crippen molar-refractivity contribution < 1.29 is 9.90 Å². The van der Waals surface area contributed by atoms with E-state index in [4.69, 9.17) is 5.11 Å². The van der Waals surface area contributed by atoms with Gasteiger partial charge in [-0.05, 0) is 31.9 Å². The van der Waals surface area contributed by atoms with Crippen molar-refractivity contribution in [1.29, 1.82) is 0 Å². The molecule has 1 aromatic heterocycles. The molecule has 1 heterocycles. The van der Waals surface area contributed by atoms with E-state index in [9.17, 15) is 4.79 Å². The molecule has 4 nitrogen and oxygen atoms in total. The first-order valence-electron chi connectivity index (χ1n) is 6.59. The summed E-state index contributed by atoms with van der Waals surface area (Å²) in [6, 6.07) is 9.91. The number of carbonyl (C=O) groups is 1. The van der Waals surface area contributed by atoms with E-state index in [1.807, 2.05) is 48.9 Å². The number of amides is 1. The normalized spacial score (nSPS) is 12.6. The predicted octanol–water partition coefficient (Wildman–Crippen LogP) is 2.07. The number of rotatable bonds is 5. The molecule has 1 atom stereocenters. The van der Waals surface area contributed by atoms with E-state index in [1.165, 1.54) is 0 Å². The van der Waals surface area contributed by atoms with Crippen molar-refractivity contribution in [2.24, 2.45) is 7.05 Å². The highest BCUT2D eigenvalue weighted by Crippen LogP contribution is 2.18. The third-order valence-corrected chi connectivity index (χ3v) is 3.36. The number of para-hydroxylation sites is 1. The van der Waals surface area contributed by atoms with Crippen LogP contribution in [-0.4, -0.2) is 28.2 Å². The van der Waals surface area contributed by atoms with Gasteiger partial charge in [-0.25, -0.2) is 0 Å². The fraction of sp³-hybridized carbons (Fsp3) is 0.400. The zero-order valence-electron chi connectivity index (χ0n) is 11.4. The van der Waals surface area contributed by atoms with Crippen LogP contribution in [0.25, 0.3) is 10.9 Å². The minimum Gasteiger partial charge on any atom is -0.396 e. The van der Waals surface area contributed by atoms with Crippen LogP contribution < -0.4 is 5.32 Å². The van der Waals surface area contributed by atoms with Gasteiger partial charge in [0.1, 0.15) is 5.69 Å². The van der Waals surface area contributed by atoms with E-state index in [1.54, 1.807) is 0 Å². The molecule has 0 bridgehead atoms. The number of hydrogen-bond acceptors (Lipinski definition) is 2. The first kappa shape index (κ1) is 13.6. The summed E-state index contributed by atoms with van der Waals surface area (Å²) < 4.78 is 1.91. The van der Waals surface area contributed by atoms with Gasteiger partial charge in [0.15, 0.2) is 0 Å². The molecule has 2 rings (SSSR count).